The van der Waals surface area contributed by atoms with Crippen LogP contribution in [0.3, 0.4) is 0 Å². The van der Waals surface area contributed by atoms with Gasteiger partial charge in [0, 0.05) is 6.07 Å². The Morgan fingerprint density at radius 1 is 1.26 bits per heavy atom. The van der Waals surface area contributed by atoms with Crippen molar-refractivity contribution in [3.63, 3.8) is 0 Å². The van der Waals surface area contributed by atoms with Gasteiger partial charge in [0.15, 0.2) is 0 Å². The lowest BCUT2D eigenvalue weighted by molar-refractivity contribution is -0.137. The third-order valence-electron chi connectivity index (χ3n) is 1.98. The summed E-state index contributed by atoms with van der Waals surface area (Å²) in [6.07, 6.45) is -4.54. The first-order chi connectivity index (χ1) is 8.90. The maximum Gasteiger partial charge on any atom is 0.416 e. The van der Waals surface area contributed by atoms with Crippen molar-refractivity contribution in [2.24, 2.45) is 5.10 Å². The molecular weight excluding hydrogens is 261 g/mol. The number of hydrazone groups is 1. The lowest BCUT2D eigenvalue weighted by Gasteiger charge is -2.11. The van der Waals surface area contributed by atoms with E-state index in [1.54, 1.807) is 0 Å². The van der Waals surface area contributed by atoms with Crippen LogP contribution in [0.1, 0.15) is 5.56 Å². The summed E-state index contributed by atoms with van der Waals surface area (Å²) in [7, 11) is 1.22. The molecule has 0 saturated carbocycles. The quantitative estimate of drug-likeness (QED) is 0.674. The number of rotatable bonds is 3. The van der Waals surface area contributed by atoms with Crippen molar-refractivity contribution in [1.82, 2.24) is 0 Å². The first-order valence-corrected chi connectivity index (χ1v) is 4.81. The Kier molecular flexibility index (Phi) is 4.32. The molecule has 0 radical (unpaired) electrons. The molecule has 98 valence electrons. The van der Waals surface area contributed by atoms with Crippen LogP contribution in [0.5, 0.6) is 5.75 Å². The average molecular weight is 268 g/mol. The van der Waals surface area contributed by atoms with Crippen LogP contribution in [0, 0.1) is 22.7 Å². The van der Waals surface area contributed by atoms with Crippen molar-refractivity contribution >= 4 is 11.4 Å². The molecule has 1 aromatic rings. The summed E-state index contributed by atoms with van der Waals surface area (Å²) in [4.78, 5) is 0. The van der Waals surface area contributed by atoms with E-state index in [-0.39, 0.29) is 11.4 Å². The average Bonchev–Trinajstić information content (AvgIpc) is 2.38. The Bertz CT molecular complexity index is 565. The Labute approximate surface area is 106 Å². The van der Waals surface area contributed by atoms with E-state index in [1.165, 1.54) is 25.3 Å². The molecule has 1 rings (SSSR count). The summed E-state index contributed by atoms with van der Waals surface area (Å²) < 4.78 is 42.5. The standard InChI is InChI=1S/C11H7F3N4O/c1-19-10-3-7(11(12,13)14)2-8(4-10)17-18-9(5-15)6-16/h2-4,17H,1H3. The molecule has 0 bridgehead atoms. The predicted octanol–water partition coefficient (Wildman–Crippen LogP) is 2.53. The molecule has 0 aromatic heterocycles. The summed E-state index contributed by atoms with van der Waals surface area (Å²) in [5.74, 6) is -0.0250. The molecule has 0 aliphatic carbocycles. The highest BCUT2D eigenvalue weighted by Gasteiger charge is 2.31. The number of ether oxygens (including phenoxy) is 1. The van der Waals surface area contributed by atoms with Crippen molar-refractivity contribution < 1.29 is 17.9 Å². The summed E-state index contributed by atoms with van der Waals surface area (Å²) in [5.41, 5.74) is 0.716. The van der Waals surface area contributed by atoms with Gasteiger partial charge in [-0.15, -0.1) is 0 Å². The van der Waals surface area contributed by atoms with Crippen LogP contribution in [0.25, 0.3) is 0 Å². The maximum absolute atomic E-state index is 12.6. The Balaban J connectivity index is 3.13. The van der Waals surface area contributed by atoms with E-state index in [0.717, 1.165) is 12.1 Å². The first kappa shape index (κ1) is 14.3. The number of halogens is 3. The number of nitriles is 2. The molecule has 0 spiro atoms. The van der Waals surface area contributed by atoms with Gasteiger partial charge in [0.1, 0.15) is 17.9 Å². The van der Waals surface area contributed by atoms with Crippen LogP contribution >= 0.6 is 0 Å². The molecule has 19 heavy (non-hydrogen) atoms. The van der Waals surface area contributed by atoms with E-state index in [9.17, 15) is 13.2 Å². The molecule has 8 heteroatoms. The van der Waals surface area contributed by atoms with Gasteiger partial charge in [-0.2, -0.15) is 28.8 Å². The molecule has 0 aliphatic heterocycles. The number of hydrogen-bond donors (Lipinski definition) is 1. The first-order valence-electron chi connectivity index (χ1n) is 4.81. The van der Waals surface area contributed by atoms with E-state index >= 15 is 0 Å². The zero-order valence-corrected chi connectivity index (χ0v) is 9.62. The fourth-order valence-electron chi connectivity index (χ4n) is 1.14. The van der Waals surface area contributed by atoms with Crippen molar-refractivity contribution in [2.75, 3.05) is 12.5 Å². The van der Waals surface area contributed by atoms with Gasteiger partial charge in [0.05, 0.1) is 18.4 Å². The molecule has 1 aromatic carbocycles. The van der Waals surface area contributed by atoms with Crippen molar-refractivity contribution in [3.05, 3.63) is 23.8 Å². The smallest absolute Gasteiger partial charge is 0.416 e. The molecule has 0 atom stereocenters. The van der Waals surface area contributed by atoms with Crippen LogP contribution in [0.4, 0.5) is 18.9 Å². The minimum Gasteiger partial charge on any atom is -0.497 e. The Morgan fingerprint density at radius 3 is 2.37 bits per heavy atom. The lowest BCUT2D eigenvalue weighted by atomic mass is 10.2. The number of anilines is 1. The zero-order chi connectivity index (χ0) is 14.5. The number of hydrogen-bond acceptors (Lipinski definition) is 5. The predicted molar refractivity (Wildman–Crippen MR) is 60.3 cm³/mol. The van der Waals surface area contributed by atoms with Crippen molar-refractivity contribution in [3.8, 4) is 17.9 Å². The molecule has 0 amide bonds. The second-order valence-corrected chi connectivity index (χ2v) is 3.24. The molecule has 1 N–H and O–H groups in total. The van der Waals surface area contributed by atoms with Crippen LogP contribution in [0.2, 0.25) is 0 Å². The highest BCUT2D eigenvalue weighted by molar-refractivity contribution is 6.10. The highest BCUT2D eigenvalue weighted by atomic mass is 19.4. The van der Waals surface area contributed by atoms with Gasteiger partial charge < -0.3 is 4.74 Å². The van der Waals surface area contributed by atoms with E-state index in [4.69, 9.17) is 15.3 Å². The maximum atomic E-state index is 12.6. The molecular formula is C11H7F3N4O. The fourth-order valence-corrected chi connectivity index (χ4v) is 1.14. The van der Waals surface area contributed by atoms with Gasteiger partial charge in [-0.3, -0.25) is 5.43 Å². The van der Waals surface area contributed by atoms with Crippen molar-refractivity contribution in [1.29, 1.82) is 10.5 Å². The monoisotopic (exact) mass is 268 g/mol. The third-order valence-corrected chi connectivity index (χ3v) is 1.98. The van der Waals surface area contributed by atoms with E-state index in [2.05, 4.69) is 10.5 Å². The molecule has 0 heterocycles. The Hall–Kier alpha value is -2.74. The zero-order valence-electron chi connectivity index (χ0n) is 9.62. The fraction of sp³-hybridized carbons (Fsp3) is 0.182. The summed E-state index contributed by atoms with van der Waals surface area (Å²) in [6, 6.07) is 5.81. The SMILES string of the molecule is COc1cc(NN=C(C#N)C#N)cc(C(F)(F)F)c1. The molecule has 5 nitrogen and oxygen atoms in total. The molecule has 0 fully saturated rings. The van der Waals surface area contributed by atoms with Gasteiger partial charge in [-0.05, 0) is 12.1 Å². The van der Waals surface area contributed by atoms with E-state index in [0.29, 0.717) is 0 Å². The number of nitrogens with one attached hydrogen (secondary N) is 1. The van der Waals surface area contributed by atoms with Gasteiger partial charge >= 0.3 is 6.18 Å². The van der Waals surface area contributed by atoms with Crippen LogP contribution < -0.4 is 10.2 Å². The number of benzene rings is 1. The van der Waals surface area contributed by atoms with Gasteiger partial charge in [-0.25, -0.2) is 0 Å². The van der Waals surface area contributed by atoms with Gasteiger partial charge in [0.25, 0.3) is 0 Å². The molecule has 0 unspecified atom stereocenters. The van der Waals surface area contributed by atoms with Crippen LogP contribution in [-0.4, -0.2) is 12.8 Å². The van der Waals surface area contributed by atoms with Crippen LogP contribution in [-0.2, 0) is 6.18 Å². The summed E-state index contributed by atoms with van der Waals surface area (Å²) in [5, 5.41) is 20.2. The minimum absolute atomic E-state index is 0.0250. The topological polar surface area (TPSA) is 81.2 Å². The van der Waals surface area contributed by atoms with Gasteiger partial charge in [0.2, 0.25) is 5.71 Å². The summed E-state index contributed by atoms with van der Waals surface area (Å²) >= 11 is 0. The number of nitrogens with zero attached hydrogens (tertiary/aromatic N) is 3. The van der Waals surface area contributed by atoms with E-state index in [1.807, 2.05) is 0 Å². The number of alkyl halides is 3. The summed E-state index contributed by atoms with van der Waals surface area (Å²) in [6.45, 7) is 0. The Morgan fingerprint density at radius 2 is 1.89 bits per heavy atom. The van der Waals surface area contributed by atoms with E-state index < -0.39 is 17.5 Å². The number of methoxy groups -OCH3 is 1. The minimum atomic E-state index is -4.54. The highest BCUT2D eigenvalue weighted by Crippen LogP contribution is 2.34. The third kappa shape index (κ3) is 3.89. The van der Waals surface area contributed by atoms with Crippen LogP contribution in [0.15, 0.2) is 23.3 Å². The normalized spacial score (nSPS) is 10.0. The largest absolute Gasteiger partial charge is 0.497 e. The molecule has 0 aliphatic rings. The lowest BCUT2D eigenvalue weighted by Crippen LogP contribution is -2.06. The second-order valence-electron chi connectivity index (χ2n) is 3.24. The van der Waals surface area contributed by atoms with Crippen molar-refractivity contribution in [2.45, 2.75) is 6.18 Å². The molecule has 0 saturated heterocycles. The second kappa shape index (κ2) is 5.74. The van der Waals surface area contributed by atoms with Gasteiger partial charge in [-0.1, -0.05) is 0 Å².